The number of hydrogen-bond acceptors (Lipinski definition) is 1. The molecule has 2 fully saturated rings. The fraction of sp³-hybridized carbons (Fsp3) is 0.714. The SMILES string of the molecule is C=CCC1CCC2(CC=C)OCCC2C1. The van der Waals surface area contributed by atoms with Crippen molar-refractivity contribution in [2.75, 3.05) is 6.61 Å². The Morgan fingerprint density at radius 1 is 1.27 bits per heavy atom. The van der Waals surface area contributed by atoms with Gasteiger partial charge < -0.3 is 4.74 Å². The van der Waals surface area contributed by atoms with E-state index >= 15 is 0 Å². The van der Waals surface area contributed by atoms with Crippen molar-refractivity contribution in [3.05, 3.63) is 25.3 Å². The van der Waals surface area contributed by atoms with Gasteiger partial charge in [-0.15, -0.1) is 13.2 Å². The van der Waals surface area contributed by atoms with Crippen molar-refractivity contribution in [3.63, 3.8) is 0 Å². The molecular formula is C14H22O. The molecule has 1 heterocycles. The summed E-state index contributed by atoms with van der Waals surface area (Å²) in [7, 11) is 0. The molecule has 2 aliphatic rings. The highest BCUT2D eigenvalue weighted by atomic mass is 16.5. The Labute approximate surface area is 93.2 Å². The molecule has 0 bridgehead atoms. The van der Waals surface area contributed by atoms with E-state index in [1.807, 2.05) is 6.08 Å². The standard InChI is InChI=1S/C14H22O/c1-3-5-12-6-9-14(8-4-2)13(11-12)7-10-15-14/h3-4,12-13H,1-2,5-11H2. The fourth-order valence-electron chi connectivity index (χ4n) is 3.38. The lowest BCUT2D eigenvalue weighted by atomic mass is 9.69. The molecule has 1 heteroatoms. The smallest absolute Gasteiger partial charge is 0.0745 e. The molecule has 84 valence electrons. The minimum absolute atomic E-state index is 0.166. The molecule has 1 saturated heterocycles. The first-order valence-electron chi connectivity index (χ1n) is 6.16. The van der Waals surface area contributed by atoms with E-state index < -0.39 is 0 Å². The maximum absolute atomic E-state index is 6.01. The third-order valence-electron chi connectivity index (χ3n) is 4.18. The first-order chi connectivity index (χ1) is 7.30. The van der Waals surface area contributed by atoms with Crippen LogP contribution in [0.3, 0.4) is 0 Å². The number of fused-ring (bicyclic) bond motifs is 1. The average Bonchev–Trinajstić information content (AvgIpc) is 2.62. The zero-order chi connectivity index (χ0) is 10.7. The molecule has 0 spiro atoms. The second-order valence-corrected chi connectivity index (χ2v) is 5.06. The van der Waals surface area contributed by atoms with Crippen LogP contribution in [0.15, 0.2) is 25.3 Å². The minimum atomic E-state index is 0.166. The molecule has 0 aromatic rings. The van der Waals surface area contributed by atoms with E-state index in [1.54, 1.807) is 0 Å². The molecule has 1 nitrogen and oxygen atoms in total. The van der Waals surface area contributed by atoms with Gasteiger partial charge in [0.1, 0.15) is 0 Å². The normalized spacial score (nSPS) is 39.7. The summed E-state index contributed by atoms with van der Waals surface area (Å²) in [5.41, 5.74) is 0.166. The zero-order valence-corrected chi connectivity index (χ0v) is 9.58. The van der Waals surface area contributed by atoms with E-state index in [9.17, 15) is 0 Å². The first kappa shape index (κ1) is 10.9. The van der Waals surface area contributed by atoms with Crippen LogP contribution in [0, 0.1) is 11.8 Å². The Morgan fingerprint density at radius 3 is 2.87 bits per heavy atom. The third kappa shape index (κ3) is 2.03. The van der Waals surface area contributed by atoms with Gasteiger partial charge in [0.15, 0.2) is 0 Å². The number of rotatable bonds is 4. The van der Waals surface area contributed by atoms with Gasteiger partial charge in [-0.05, 0) is 50.4 Å². The Hall–Kier alpha value is -0.560. The highest BCUT2D eigenvalue weighted by Gasteiger charge is 2.46. The monoisotopic (exact) mass is 206 g/mol. The van der Waals surface area contributed by atoms with Gasteiger partial charge >= 0.3 is 0 Å². The van der Waals surface area contributed by atoms with Crippen LogP contribution in [0.5, 0.6) is 0 Å². The van der Waals surface area contributed by atoms with Crippen molar-refractivity contribution in [1.82, 2.24) is 0 Å². The van der Waals surface area contributed by atoms with Gasteiger partial charge in [0.25, 0.3) is 0 Å². The topological polar surface area (TPSA) is 9.23 Å². The van der Waals surface area contributed by atoms with E-state index in [1.165, 1.54) is 32.1 Å². The van der Waals surface area contributed by atoms with Gasteiger partial charge in [0.2, 0.25) is 0 Å². The molecule has 0 aromatic carbocycles. The second kappa shape index (κ2) is 4.52. The van der Waals surface area contributed by atoms with Crippen LogP contribution >= 0.6 is 0 Å². The zero-order valence-electron chi connectivity index (χ0n) is 9.58. The number of ether oxygens (including phenoxy) is 1. The van der Waals surface area contributed by atoms with Gasteiger partial charge in [0.05, 0.1) is 5.60 Å². The predicted molar refractivity (Wildman–Crippen MR) is 63.8 cm³/mol. The Morgan fingerprint density at radius 2 is 2.13 bits per heavy atom. The van der Waals surface area contributed by atoms with Crippen LogP contribution in [-0.4, -0.2) is 12.2 Å². The Kier molecular flexibility index (Phi) is 3.30. The lowest BCUT2D eigenvalue weighted by molar-refractivity contribution is -0.0522. The first-order valence-corrected chi connectivity index (χ1v) is 6.16. The lowest BCUT2D eigenvalue weighted by Crippen LogP contribution is -2.40. The highest BCUT2D eigenvalue weighted by molar-refractivity contribution is 5.01. The molecule has 1 aliphatic heterocycles. The fourth-order valence-corrected chi connectivity index (χ4v) is 3.38. The molecule has 0 radical (unpaired) electrons. The van der Waals surface area contributed by atoms with Gasteiger partial charge in [-0.3, -0.25) is 0 Å². The molecule has 3 unspecified atom stereocenters. The van der Waals surface area contributed by atoms with Crippen molar-refractivity contribution in [2.45, 2.75) is 44.1 Å². The van der Waals surface area contributed by atoms with E-state index in [2.05, 4.69) is 19.2 Å². The molecule has 0 aromatic heterocycles. The minimum Gasteiger partial charge on any atom is -0.374 e. The van der Waals surface area contributed by atoms with Gasteiger partial charge in [-0.25, -0.2) is 0 Å². The second-order valence-electron chi connectivity index (χ2n) is 5.06. The van der Waals surface area contributed by atoms with Crippen LogP contribution in [0.1, 0.15) is 38.5 Å². The van der Waals surface area contributed by atoms with Crippen LogP contribution < -0.4 is 0 Å². The number of hydrogen-bond donors (Lipinski definition) is 0. The van der Waals surface area contributed by atoms with E-state index in [4.69, 9.17) is 4.74 Å². The molecule has 0 amide bonds. The van der Waals surface area contributed by atoms with Gasteiger partial charge in [0, 0.05) is 6.61 Å². The summed E-state index contributed by atoms with van der Waals surface area (Å²) in [6.45, 7) is 8.67. The summed E-state index contributed by atoms with van der Waals surface area (Å²) in [5, 5.41) is 0. The summed E-state index contributed by atoms with van der Waals surface area (Å²) < 4.78 is 6.01. The third-order valence-corrected chi connectivity index (χ3v) is 4.18. The lowest BCUT2D eigenvalue weighted by Gasteiger charge is -2.41. The average molecular weight is 206 g/mol. The summed E-state index contributed by atoms with van der Waals surface area (Å²) in [6, 6.07) is 0. The molecular weight excluding hydrogens is 184 g/mol. The summed E-state index contributed by atoms with van der Waals surface area (Å²) >= 11 is 0. The molecule has 15 heavy (non-hydrogen) atoms. The number of allylic oxidation sites excluding steroid dienone is 1. The quantitative estimate of drug-likeness (QED) is 0.637. The maximum atomic E-state index is 6.01. The van der Waals surface area contributed by atoms with Crippen LogP contribution in [0.2, 0.25) is 0 Å². The molecule has 1 aliphatic carbocycles. The van der Waals surface area contributed by atoms with Gasteiger partial charge in [-0.1, -0.05) is 12.2 Å². The van der Waals surface area contributed by atoms with Crippen molar-refractivity contribution < 1.29 is 4.74 Å². The van der Waals surface area contributed by atoms with E-state index in [0.29, 0.717) is 0 Å². The van der Waals surface area contributed by atoms with Crippen LogP contribution in [0.4, 0.5) is 0 Å². The Balaban J connectivity index is 2.02. The van der Waals surface area contributed by atoms with Crippen LogP contribution in [0.25, 0.3) is 0 Å². The molecule has 3 atom stereocenters. The molecule has 0 N–H and O–H groups in total. The van der Waals surface area contributed by atoms with Crippen molar-refractivity contribution in [3.8, 4) is 0 Å². The summed E-state index contributed by atoms with van der Waals surface area (Å²) in [4.78, 5) is 0. The van der Waals surface area contributed by atoms with Crippen molar-refractivity contribution in [2.24, 2.45) is 11.8 Å². The van der Waals surface area contributed by atoms with Crippen molar-refractivity contribution >= 4 is 0 Å². The van der Waals surface area contributed by atoms with Crippen molar-refractivity contribution in [1.29, 1.82) is 0 Å². The largest absolute Gasteiger partial charge is 0.374 e. The van der Waals surface area contributed by atoms with E-state index in [0.717, 1.165) is 24.9 Å². The Bertz CT molecular complexity index is 246. The highest BCUT2D eigenvalue weighted by Crippen LogP contribution is 2.48. The maximum Gasteiger partial charge on any atom is 0.0745 e. The van der Waals surface area contributed by atoms with Gasteiger partial charge in [-0.2, -0.15) is 0 Å². The predicted octanol–water partition coefficient (Wildman–Crippen LogP) is 3.71. The summed E-state index contributed by atoms with van der Waals surface area (Å²) in [5.74, 6) is 1.63. The molecule has 2 rings (SSSR count). The molecule has 1 saturated carbocycles. The van der Waals surface area contributed by atoms with Crippen LogP contribution in [-0.2, 0) is 4.74 Å². The van der Waals surface area contributed by atoms with E-state index in [-0.39, 0.29) is 5.60 Å². The summed E-state index contributed by atoms with van der Waals surface area (Å²) in [6.07, 6.45) is 11.4.